The van der Waals surface area contributed by atoms with Gasteiger partial charge in [0.1, 0.15) is 36.0 Å². The fraction of sp³-hybridized carbons (Fsp3) is 0.552. The number of rotatable bonds is 4. The van der Waals surface area contributed by atoms with Gasteiger partial charge in [-0.2, -0.15) is 23.1 Å². The number of benzene rings is 1. The van der Waals surface area contributed by atoms with E-state index >= 15 is 4.39 Å². The van der Waals surface area contributed by atoms with E-state index in [1.165, 1.54) is 6.92 Å². The molecule has 0 spiro atoms. The van der Waals surface area contributed by atoms with E-state index in [4.69, 9.17) is 31.5 Å². The molecule has 0 saturated carbocycles. The van der Waals surface area contributed by atoms with E-state index in [1.807, 2.05) is 0 Å². The van der Waals surface area contributed by atoms with Crippen LogP contribution in [0.25, 0.3) is 22.2 Å². The first-order valence-corrected chi connectivity index (χ1v) is 14.8. The van der Waals surface area contributed by atoms with E-state index in [2.05, 4.69) is 19.9 Å². The van der Waals surface area contributed by atoms with Gasteiger partial charge >= 0.3 is 12.2 Å². The summed E-state index contributed by atoms with van der Waals surface area (Å²) in [6.45, 7) is 2.87. The summed E-state index contributed by atoms with van der Waals surface area (Å²) < 4.78 is 92.4. The Kier molecular flexibility index (Phi) is 6.98. The van der Waals surface area contributed by atoms with Crippen molar-refractivity contribution in [2.45, 2.75) is 62.6 Å². The fourth-order valence-corrected chi connectivity index (χ4v) is 7.54. The number of hydrogen-bond donors (Lipinski definition) is 1. The molecule has 236 valence electrons. The van der Waals surface area contributed by atoms with Crippen molar-refractivity contribution in [3.05, 3.63) is 28.0 Å². The number of aromatic nitrogens is 3. The number of anilines is 2. The van der Waals surface area contributed by atoms with Crippen LogP contribution in [-0.2, 0) is 10.9 Å². The van der Waals surface area contributed by atoms with Crippen LogP contribution in [0.15, 0.2) is 6.07 Å². The van der Waals surface area contributed by atoms with Crippen molar-refractivity contribution in [2.75, 3.05) is 50.6 Å². The van der Waals surface area contributed by atoms with Gasteiger partial charge in [-0.25, -0.2) is 13.8 Å². The summed E-state index contributed by atoms with van der Waals surface area (Å²) in [5, 5.41) is -0.336. The zero-order valence-corrected chi connectivity index (χ0v) is 24.7. The molecule has 2 unspecified atom stereocenters. The number of fused-ring (bicyclic) bond motifs is 3. The Morgan fingerprint density at radius 3 is 2.80 bits per heavy atom. The van der Waals surface area contributed by atoms with E-state index in [9.17, 15) is 17.6 Å². The molecule has 3 aromatic rings. The standard InChI is InChI=1S/C29H30ClF5N6O3/c1-13-6-17(36)37-23(20(13)29(33,34)35)18-21(30)25-19-24(22(18)32)38-27(43-12-28-4-3-5-41(28)9-14(31)8-28)39-26(19)40(2)15-7-16(44-25)11-42-10-15/h6,14-16H,3-5,7-12H2,1-2H3,(H2,36,37)/t14-,15?,16?,28+/m1/s1. The lowest BCUT2D eigenvalue weighted by Gasteiger charge is -2.39. The molecule has 1 aromatic carbocycles. The first kappa shape index (κ1) is 29.5. The number of aryl methyl sites for hydroxylation is 1. The number of nitrogens with two attached hydrogens (primary N) is 1. The Bertz CT molecular complexity index is 1660. The Hall–Kier alpha value is -3.23. The third kappa shape index (κ3) is 4.67. The summed E-state index contributed by atoms with van der Waals surface area (Å²) in [7, 11) is 1.75. The van der Waals surface area contributed by atoms with Gasteiger partial charge < -0.3 is 24.8 Å². The highest BCUT2D eigenvalue weighted by Gasteiger charge is 2.49. The van der Waals surface area contributed by atoms with Crippen molar-refractivity contribution in [1.29, 1.82) is 0 Å². The van der Waals surface area contributed by atoms with E-state index in [1.54, 1.807) is 11.9 Å². The van der Waals surface area contributed by atoms with Gasteiger partial charge in [-0.15, -0.1) is 0 Å². The predicted molar refractivity (Wildman–Crippen MR) is 152 cm³/mol. The number of pyridine rings is 1. The summed E-state index contributed by atoms with van der Waals surface area (Å²) in [6, 6.07) is 0.643. The van der Waals surface area contributed by atoms with Gasteiger partial charge in [0.15, 0.2) is 11.6 Å². The highest BCUT2D eigenvalue weighted by molar-refractivity contribution is 6.36. The molecule has 2 aromatic heterocycles. The van der Waals surface area contributed by atoms with E-state index in [0.29, 0.717) is 26.0 Å². The number of ether oxygens (including phenoxy) is 3. The maximum atomic E-state index is 16.8. The number of alkyl halides is 4. The number of nitrogen functional groups attached to an aromatic ring is 1. The minimum Gasteiger partial charge on any atom is -0.485 e. The predicted octanol–water partition coefficient (Wildman–Crippen LogP) is 5.34. The van der Waals surface area contributed by atoms with Crippen LogP contribution in [0.2, 0.25) is 5.02 Å². The van der Waals surface area contributed by atoms with E-state index < -0.39 is 51.7 Å². The summed E-state index contributed by atoms with van der Waals surface area (Å²) in [5.74, 6) is -1.28. The normalized spacial score (nSPS) is 26.8. The minimum atomic E-state index is -4.91. The Labute approximate surface area is 254 Å². The summed E-state index contributed by atoms with van der Waals surface area (Å²) in [5.41, 5.74) is 2.10. The summed E-state index contributed by atoms with van der Waals surface area (Å²) in [6.07, 6.45) is -4.04. The lowest BCUT2D eigenvalue weighted by atomic mass is 9.95. The summed E-state index contributed by atoms with van der Waals surface area (Å²) >= 11 is 6.77. The maximum absolute atomic E-state index is 16.8. The smallest absolute Gasteiger partial charge is 0.418 e. The van der Waals surface area contributed by atoms with Crippen LogP contribution < -0.4 is 20.1 Å². The Morgan fingerprint density at radius 2 is 2.02 bits per heavy atom. The molecule has 2 N–H and O–H groups in total. The minimum absolute atomic E-state index is 0.0658. The van der Waals surface area contributed by atoms with Crippen molar-refractivity contribution in [3.8, 4) is 23.0 Å². The van der Waals surface area contributed by atoms with Crippen molar-refractivity contribution < 1.29 is 36.2 Å². The van der Waals surface area contributed by atoms with E-state index in [0.717, 1.165) is 25.5 Å². The highest BCUT2D eigenvalue weighted by Crippen LogP contribution is 2.51. The van der Waals surface area contributed by atoms with Crippen molar-refractivity contribution in [1.82, 2.24) is 19.9 Å². The molecule has 44 heavy (non-hydrogen) atoms. The third-order valence-electron chi connectivity index (χ3n) is 9.25. The quantitative estimate of drug-likeness (QED) is 0.379. The van der Waals surface area contributed by atoms with Gasteiger partial charge in [0, 0.05) is 26.4 Å². The van der Waals surface area contributed by atoms with Crippen LogP contribution in [0.1, 0.15) is 36.8 Å². The second kappa shape index (κ2) is 10.4. The second-order valence-corrected chi connectivity index (χ2v) is 12.5. The molecule has 0 radical (unpaired) electrons. The van der Waals surface area contributed by atoms with Crippen LogP contribution in [0.3, 0.4) is 0 Å². The molecule has 3 saturated heterocycles. The van der Waals surface area contributed by atoms with Gasteiger partial charge in [0.2, 0.25) is 0 Å². The largest absolute Gasteiger partial charge is 0.485 e. The molecule has 3 fully saturated rings. The molecule has 9 nitrogen and oxygen atoms in total. The molecule has 0 aliphatic carbocycles. The van der Waals surface area contributed by atoms with Gasteiger partial charge in [0.05, 0.1) is 52.0 Å². The van der Waals surface area contributed by atoms with Crippen molar-refractivity contribution in [2.24, 2.45) is 0 Å². The van der Waals surface area contributed by atoms with Gasteiger partial charge in [-0.05, 0) is 37.9 Å². The molecule has 0 amide bonds. The zero-order chi connectivity index (χ0) is 31.1. The molecule has 4 atom stereocenters. The van der Waals surface area contributed by atoms with Crippen molar-refractivity contribution >= 4 is 34.1 Å². The lowest BCUT2D eigenvalue weighted by Crippen LogP contribution is -2.47. The second-order valence-electron chi connectivity index (χ2n) is 12.1. The Balaban J connectivity index is 1.46. The maximum Gasteiger partial charge on any atom is 0.418 e. The lowest BCUT2D eigenvalue weighted by molar-refractivity contribution is -0.137. The number of nitrogens with zero attached hydrogens (tertiary/aromatic N) is 5. The first-order valence-electron chi connectivity index (χ1n) is 14.4. The molecule has 15 heteroatoms. The molecule has 7 rings (SSSR count). The van der Waals surface area contributed by atoms with Crippen LogP contribution in [0.5, 0.6) is 11.8 Å². The molecule has 6 heterocycles. The van der Waals surface area contributed by atoms with Crippen LogP contribution >= 0.6 is 11.6 Å². The number of likely N-dealkylation sites (N-methyl/N-ethyl adjacent to an activating group) is 1. The first-order chi connectivity index (χ1) is 20.9. The average Bonchev–Trinajstić information content (AvgIpc) is 3.47. The topological polar surface area (TPSA) is 98.9 Å². The molecule has 4 aliphatic heterocycles. The highest BCUT2D eigenvalue weighted by atomic mass is 35.5. The van der Waals surface area contributed by atoms with Gasteiger partial charge in [-0.3, -0.25) is 4.90 Å². The van der Waals surface area contributed by atoms with Crippen LogP contribution in [0, 0.1) is 12.7 Å². The molecular formula is C29H30ClF5N6O3. The molecule has 4 aliphatic rings. The monoisotopic (exact) mass is 640 g/mol. The van der Waals surface area contributed by atoms with Crippen LogP contribution in [0.4, 0.5) is 33.6 Å². The van der Waals surface area contributed by atoms with Crippen LogP contribution in [-0.4, -0.2) is 83.7 Å². The SMILES string of the molecule is Cc1cc(N)nc(-c2c(Cl)c3c4c(nc(OC[C@@]56CCCN5C[C@H](F)C6)nc4c2F)N(C)C2COCC(C2)O3)c1C(F)(F)F. The number of halogens is 6. The molecular weight excluding hydrogens is 611 g/mol. The molecule has 2 bridgehead atoms. The van der Waals surface area contributed by atoms with Gasteiger partial charge in [-0.1, -0.05) is 11.6 Å². The van der Waals surface area contributed by atoms with Gasteiger partial charge in [0.25, 0.3) is 0 Å². The third-order valence-corrected chi connectivity index (χ3v) is 9.61. The zero-order valence-electron chi connectivity index (χ0n) is 24.0. The number of hydrogen-bond acceptors (Lipinski definition) is 9. The van der Waals surface area contributed by atoms with E-state index in [-0.39, 0.29) is 59.1 Å². The summed E-state index contributed by atoms with van der Waals surface area (Å²) in [4.78, 5) is 16.8. The fourth-order valence-electron chi connectivity index (χ4n) is 7.22. The average molecular weight is 641 g/mol. The Morgan fingerprint density at radius 1 is 1.23 bits per heavy atom. The van der Waals surface area contributed by atoms with Crippen molar-refractivity contribution in [3.63, 3.8) is 0 Å².